The number of hydrogen-bond acceptors (Lipinski definition) is 0. The van der Waals surface area contributed by atoms with Crippen LogP contribution in [0.25, 0.3) is 0 Å². The summed E-state index contributed by atoms with van der Waals surface area (Å²) in [5.41, 5.74) is 3.28. The molecule has 0 N–H and O–H groups in total. The van der Waals surface area contributed by atoms with E-state index in [0.717, 1.165) is 0 Å². The average Bonchev–Trinajstić information content (AvgIpc) is 1.86. The zero-order valence-corrected chi connectivity index (χ0v) is 4.42. The minimum Gasteiger partial charge on any atom is -0.307 e. The third kappa shape index (κ3) is 0.570. The van der Waals surface area contributed by atoms with Crippen LogP contribution in [0.1, 0.15) is 0 Å². The second-order valence-corrected chi connectivity index (χ2v) is 2.87. The summed E-state index contributed by atoms with van der Waals surface area (Å²) in [6.45, 7) is 0. The molecule has 0 saturated carbocycles. The molecule has 0 aromatic heterocycles. The Labute approximate surface area is 37.8 Å². The van der Waals surface area contributed by atoms with Crippen molar-refractivity contribution in [2.45, 2.75) is 0 Å². The Balaban J connectivity index is 2.60. The molecule has 0 amide bonds. The number of rotatable bonds is 0. The van der Waals surface area contributed by atoms with Crippen molar-refractivity contribution in [1.29, 1.82) is 0 Å². The summed E-state index contributed by atoms with van der Waals surface area (Å²) in [6.07, 6.45) is 3.52. The SMILES string of the molecule is F[SiH]1C=CC=C1. The highest BCUT2D eigenvalue weighted by Gasteiger charge is 1.99. The van der Waals surface area contributed by atoms with Crippen molar-refractivity contribution in [3.63, 3.8) is 0 Å². The van der Waals surface area contributed by atoms with Crippen LogP contribution in [-0.4, -0.2) is 9.13 Å². The highest BCUT2D eigenvalue weighted by Crippen LogP contribution is 1.96. The minimum atomic E-state index is -1.91. The molecule has 0 bridgehead atoms. The molecule has 0 aromatic rings. The molecule has 1 rings (SSSR count). The maximum atomic E-state index is 11.9. The zero-order valence-electron chi connectivity index (χ0n) is 3.26. The topological polar surface area (TPSA) is 0 Å². The fourth-order valence-electron chi connectivity index (χ4n) is 0.405. The molecule has 0 nitrogen and oxygen atoms in total. The Bertz CT molecular complexity index is 83.7. The molecular weight excluding hydrogens is 95.1 g/mol. The first-order valence-electron chi connectivity index (χ1n) is 1.88. The highest BCUT2D eigenvalue weighted by molar-refractivity contribution is 6.63. The van der Waals surface area contributed by atoms with Crippen LogP contribution in [0.2, 0.25) is 0 Å². The molecule has 1 aliphatic rings. The van der Waals surface area contributed by atoms with E-state index in [1.165, 1.54) is 0 Å². The van der Waals surface area contributed by atoms with Gasteiger partial charge in [-0.1, -0.05) is 23.6 Å². The molecule has 0 fully saturated rings. The lowest BCUT2D eigenvalue weighted by Crippen LogP contribution is -1.88. The summed E-state index contributed by atoms with van der Waals surface area (Å²) < 4.78 is 11.9. The van der Waals surface area contributed by atoms with Crippen molar-refractivity contribution in [2.24, 2.45) is 0 Å². The quantitative estimate of drug-likeness (QED) is 0.313. The second-order valence-electron chi connectivity index (χ2n) is 1.21. The Kier molecular flexibility index (Phi) is 0.879. The molecule has 0 radical (unpaired) electrons. The smallest absolute Gasteiger partial charge is 0.279 e. The maximum absolute atomic E-state index is 11.9. The largest absolute Gasteiger partial charge is 0.307 e. The van der Waals surface area contributed by atoms with Gasteiger partial charge in [0.2, 0.25) is 0 Å². The van der Waals surface area contributed by atoms with Gasteiger partial charge >= 0.3 is 0 Å². The zero-order chi connectivity index (χ0) is 4.41. The maximum Gasteiger partial charge on any atom is 0.279 e. The van der Waals surface area contributed by atoms with E-state index in [4.69, 9.17) is 0 Å². The molecule has 6 heavy (non-hydrogen) atoms. The lowest BCUT2D eigenvalue weighted by Gasteiger charge is -1.75. The first kappa shape index (κ1) is 3.80. The molecule has 1 aliphatic heterocycles. The molecule has 0 saturated heterocycles. The first-order valence-corrected chi connectivity index (χ1v) is 3.65. The lowest BCUT2D eigenvalue weighted by atomic mass is 10.6. The standard InChI is InChI=1S/C4H5FSi/c5-6-3-1-2-4-6/h1-4,6H. The van der Waals surface area contributed by atoms with E-state index in [9.17, 15) is 4.11 Å². The van der Waals surface area contributed by atoms with Crippen molar-refractivity contribution in [3.05, 3.63) is 23.6 Å². The van der Waals surface area contributed by atoms with Gasteiger partial charge in [-0.3, -0.25) is 0 Å². The third-order valence-corrected chi connectivity index (χ3v) is 1.88. The van der Waals surface area contributed by atoms with Crippen molar-refractivity contribution in [1.82, 2.24) is 0 Å². The Morgan fingerprint density at radius 2 is 1.67 bits per heavy atom. The first-order chi connectivity index (χ1) is 2.89. The molecule has 0 spiro atoms. The summed E-state index contributed by atoms with van der Waals surface area (Å²) in [4.78, 5) is 0. The van der Waals surface area contributed by atoms with E-state index in [-0.39, 0.29) is 0 Å². The second kappa shape index (κ2) is 1.39. The van der Waals surface area contributed by atoms with Gasteiger partial charge in [0.15, 0.2) is 0 Å². The van der Waals surface area contributed by atoms with E-state index < -0.39 is 9.13 Å². The number of hydrogen-bond donors (Lipinski definition) is 0. The molecule has 0 unspecified atom stereocenters. The Hall–Kier alpha value is -0.373. The molecule has 0 aromatic carbocycles. The van der Waals surface area contributed by atoms with Crippen molar-refractivity contribution in [3.8, 4) is 0 Å². The van der Waals surface area contributed by atoms with Crippen LogP contribution in [0.5, 0.6) is 0 Å². The number of allylic oxidation sites excluding steroid dienone is 2. The van der Waals surface area contributed by atoms with E-state index in [2.05, 4.69) is 0 Å². The lowest BCUT2D eigenvalue weighted by molar-refractivity contribution is 0.864. The Morgan fingerprint density at radius 1 is 1.17 bits per heavy atom. The van der Waals surface area contributed by atoms with E-state index >= 15 is 0 Å². The van der Waals surface area contributed by atoms with Crippen LogP contribution in [0.3, 0.4) is 0 Å². The van der Waals surface area contributed by atoms with E-state index in [0.29, 0.717) is 0 Å². The van der Waals surface area contributed by atoms with Gasteiger partial charge < -0.3 is 4.11 Å². The fourth-order valence-corrected chi connectivity index (χ4v) is 1.21. The summed E-state index contributed by atoms with van der Waals surface area (Å²) in [5.74, 6) is 0. The van der Waals surface area contributed by atoms with Crippen LogP contribution in [0.15, 0.2) is 23.6 Å². The summed E-state index contributed by atoms with van der Waals surface area (Å²) >= 11 is 0. The molecular formula is C4H5FSi. The monoisotopic (exact) mass is 100 g/mol. The average molecular weight is 100 g/mol. The molecule has 32 valence electrons. The van der Waals surface area contributed by atoms with E-state index in [1.807, 2.05) is 0 Å². The van der Waals surface area contributed by atoms with Gasteiger partial charge in [0.25, 0.3) is 9.13 Å². The van der Waals surface area contributed by atoms with Gasteiger partial charge in [-0.15, -0.1) is 0 Å². The Morgan fingerprint density at radius 3 is 1.83 bits per heavy atom. The van der Waals surface area contributed by atoms with Crippen molar-refractivity contribution in [2.75, 3.05) is 0 Å². The van der Waals surface area contributed by atoms with Gasteiger partial charge in [0, 0.05) is 0 Å². The normalized spacial score (nSPS) is 20.2. The number of halogens is 1. The fraction of sp³-hybridized carbons (Fsp3) is 0. The minimum absolute atomic E-state index is 1.64. The van der Waals surface area contributed by atoms with Crippen LogP contribution < -0.4 is 0 Å². The van der Waals surface area contributed by atoms with Gasteiger partial charge in [-0.05, 0) is 0 Å². The van der Waals surface area contributed by atoms with Crippen LogP contribution in [0, 0.1) is 0 Å². The van der Waals surface area contributed by atoms with Crippen LogP contribution in [0.4, 0.5) is 4.11 Å². The summed E-state index contributed by atoms with van der Waals surface area (Å²) in [5, 5.41) is 0. The van der Waals surface area contributed by atoms with Gasteiger partial charge in [0.1, 0.15) is 0 Å². The van der Waals surface area contributed by atoms with Crippen molar-refractivity contribution < 1.29 is 4.11 Å². The third-order valence-electron chi connectivity index (χ3n) is 0.701. The van der Waals surface area contributed by atoms with E-state index in [1.54, 1.807) is 23.6 Å². The predicted molar refractivity (Wildman–Crippen MR) is 26.5 cm³/mol. The molecule has 0 atom stereocenters. The van der Waals surface area contributed by atoms with Crippen LogP contribution in [-0.2, 0) is 0 Å². The predicted octanol–water partition coefficient (Wildman–Crippen LogP) is 0.884. The summed E-state index contributed by atoms with van der Waals surface area (Å²) in [6, 6.07) is 0. The molecule has 0 aliphatic carbocycles. The molecule has 1 heterocycles. The van der Waals surface area contributed by atoms with Crippen molar-refractivity contribution >= 4 is 9.13 Å². The highest BCUT2D eigenvalue weighted by atomic mass is 28.3. The van der Waals surface area contributed by atoms with Gasteiger partial charge in [-0.25, -0.2) is 0 Å². The van der Waals surface area contributed by atoms with Gasteiger partial charge in [-0.2, -0.15) is 0 Å². The van der Waals surface area contributed by atoms with Gasteiger partial charge in [0.05, 0.1) is 0 Å². The molecule has 2 heteroatoms. The summed E-state index contributed by atoms with van der Waals surface area (Å²) in [7, 11) is -1.91. The van der Waals surface area contributed by atoms with Crippen LogP contribution >= 0.6 is 0 Å².